The largest absolute Gasteiger partial charge is 0.497 e. The van der Waals surface area contributed by atoms with Crippen LogP contribution in [-0.2, 0) is 22.3 Å². The van der Waals surface area contributed by atoms with Crippen LogP contribution >= 0.6 is 11.3 Å². The van der Waals surface area contributed by atoms with Crippen molar-refractivity contribution in [1.82, 2.24) is 4.98 Å². The van der Waals surface area contributed by atoms with Crippen molar-refractivity contribution in [2.75, 3.05) is 18.6 Å². The van der Waals surface area contributed by atoms with E-state index < -0.39 is 23.3 Å². The maximum absolute atomic E-state index is 13.1. The molecule has 0 saturated carbocycles. The van der Waals surface area contributed by atoms with Crippen molar-refractivity contribution in [3.05, 3.63) is 88.6 Å². The molecule has 0 fully saturated rings. The summed E-state index contributed by atoms with van der Waals surface area (Å²) in [5, 5.41) is 1.48. The predicted molar refractivity (Wildman–Crippen MR) is 163 cm³/mol. The van der Waals surface area contributed by atoms with Gasteiger partial charge in [-0.05, 0) is 94.6 Å². The van der Waals surface area contributed by atoms with E-state index in [4.69, 9.17) is 19.2 Å². The Labute approximate surface area is 254 Å². The number of carbonyl (C=O) groups is 1. The van der Waals surface area contributed by atoms with E-state index in [1.165, 1.54) is 23.5 Å². The summed E-state index contributed by atoms with van der Waals surface area (Å²) in [6.07, 6.45) is -4.40. The second-order valence-corrected chi connectivity index (χ2v) is 11.6. The minimum atomic E-state index is -4.40. The van der Waals surface area contributed by atoms with Gasteiger partial charge in [-0.2, -0.15) is 13.2 Å². The van der Waals surface area contributed by atoms with Crippen LogP contribution in [0.4, 0.5) is 23.9 Å². The number of carbonyl (C=O) groups excluding carboxylic acids is 1. The first-order valence-electron chi connectivity index (χ1n) is 13.8. The molecule has 0 saturated heterocycles. The number of hydrogen-bond acceptors (Lipinski definition) is 7. The lowest BCUT2D eigenvalue weighted by molar-refractivity contribution is -0.158. The van der Waals surface area contributed by atoms with Gasteiger partial charge in [0.25, 0.3) is 0 Å². The third-order valence-corrected chi connectivity index (χ3v) is 8.08. The second-order valence-electron chi connectivity index (χ2n) is 10.7. The molecule has 4 rings (SSSR count). The molecule has 1 aromatic heterocycles. The van der Waals surface area contributed by atoms with Crippen LogP contribution in [0.25, 0.3) is 10.6 Å². The molecular weight excluding hydrogens is 577 g/mol. The van der Waals surface area contributed by atoms with Crippen LogP contribution in [0, 0.1) is 20.8 Å². The summed E-state index contributed by atoms with van der Waals surface area (Å²) in [5.74, 6) is 0.900. The number of ether oxygens (including phenoxy) is 3. The van der Waals surface area contributed by atoms with Gasteiger partial charge in [0, 0.05) is 17.8 Å². The molecule has 4 aromatic rings. The van der Waals surface area contributed by atoms with Gasteiger partial charge in [0.15, 0.2) is 5.60 Å². The fourth-order valence-corrected chi connectivity index (χ4v) is 5.78. The molecule has 1 heterocycles. The summed E-state index contributed by atoms with van der Waals surface area (Å²) in [7, 11) is 1.61. The molecule has 0 spiro atoms. The molecule has 43 heavy (non-hydrogen) atoms. The van der Waals surface area contributed by atoms with Crippen LogP contribution < -0.4 is 14.4 Å². The first-order chi connectivity index (χ1) is 20.2. The first-order valence-corrected chi connectivity index (χ1v) is 14.6. The van der Waals surface area contributed by atoms with Gasteiger partial charge in [-0.25, -0.2) is 9.78 Å². The lowest BCUT2D eigenvalue weighted by atomic mass is 10.0. The molecule has 0 N–H and O–H groups in total. The zero-order valence-corrected chi connectivity index (χ0v) is 26.1. The fourth-order valence-electron chi connectivity index (χ4n) is 4.68. The van der Waals surface area contributed by atoms with Gasteiger partial charge < -0.3 is 19.1 Å². The van der Waals surface area contributed by atoms with Gasteiger partial charge in [0.2, 0.25) is 0 Å². The highest BCUT2D eigenvalue weighted by Gasteiger charge is 2.33. The van der Waals surface area contributed by atoms with E-state index in [1.807, 2.05) is 57.2 Å². The van der Waals surface area contributed by atoms with Crippen molar-refractivity contribution < 1.29 is 32.2 Å². The Bertz CT molecular complexity index is 1560. The predicted octanol–water partition coefficient (Wildman–Crippen LogP) is 8.82. The Kier molecular flexibility index (Phi) is 9.39. The van der Waals surface area contributed by atoms with Crippen molar-refractivity contribution in [3.63, 3.8) is 0 Å². The number of nitrogens with zero attached hydrogens (tertiary/aromatic N) is 2. The molecule has 3 aromatic carbocycles. The highest BCUT2D eigenvalue weighted by Crippen LogP contribution is 2.41. The van der Waals surface area contributed by atoms with E-state index >= 15 is 0 Å². The number of methoxy groups -OCH3 is 1. The number of thiazole rings is 1. The number of esters is 1. The minimum Gasteiger partial charge on any atom is -0.497 e. The van der Waals surface area contributed by atoms with Crippen LogP contribution in [0.15, 0.2) is 60.7 Å². The van der Waals surface area contributed by atoms with Gasteiger partial charge in [0.1, 0.15) is 21.5 Å². The summed E-state index contributed by atoms with van der Waals surface area (Å²) in [6, 6.07) is 16.7. The number of alkyl halides is 3. The molecule has 0 aliphatic heterocycles. The first kappa shape index (κ1) is 31.9. The SMILES string of the molecule is CCOC(=O)C(C)(C)Oc1c(C)cc(CN(c2ccc(OC)cc2)c2sc(-c3ccc(C(F)(F)F)cc3)nc2C)cc1C. The Hall–Kier alpha value is -4.05. The summed E-state index contributed by atoms with van der Waals surface area (Å²) < 4.78 is 56.0. The van der Waals surface area contributed by atoms with Crippen molar-refractivity contribution >= 4 is 28.0 Å². The maximum Gasteiger partial charge on any atom is 0.416 e. The lowest BCUT2D eigenvalue weighted by Crippen LogP contribution is -2.40. The third-order valence-electron chi connectivity index (χ3n) is 6.85. The van der Waals surface area contributed by atoms with Crippen LogP contribution in [-0.4, -0.2) is 30.3 Å². The van der Waals surface area contributed by atoms with Gasteiger partial charge in [-0.1, -0.05) is 35.6 Å². The smallest absolute Gasteiger partial charge is 0.416 e. The number of anilines is 2. The van der Waals surface area contributed by atoms with E-state index in [9.17, 15) is 18.0 Å². The fraction of sp³-hybridized carbons (Fsp3) is 0.333. The molecular formula is C33H35F3N2O4S. The summed E-state index contributed by atoms with van der Waals surface area (Å²) >= 11 is 1.41. The highest BCUT2D eigenvalue weighted by molar-refractivity contribution is 7.19. The summed E-state index contributed by atoms with van der Waals surface area (Å²) in [5.41, 5.74) is 3.13. The van der Waals surface area contributed by atoms with E-state index in [-0.39, 0.29) is 6.61 Å². The Morgan fingerprint density at radius 2 is 1.56 bits per heavy atom. The molecule has 0 aliphatic rings. The standard InChI is InChI=1S/C33H35F3N2O4S/c1-8-41-31(39)32(5,6)42-28-20(2)17-23(18-21(28)3)19-38(26-13-15-27(40-7)16-14-26)30-22(4)37-29(43-30)24-9-11-25(12-10-24)33(34,35)36/h9-18H,8,19H2,1-7H3. The zero-order valence-electron chi connectivity index (χ0n) is 25.3. The van der Waals surface area contributed by atoms with Gasteiger partial charge in [0.05, 0.1) is 25.0 Å². The molecule has 0 aliphatic carbocycles. The number of aromatic nitrogens is 1. The van der Waals surface area contributed by atoms with E-state index in [2.05, 4.69) is 4.90 Å². The quantitative estimate of drug-likeness (QED) is 0.167. The Morgan fingerprint density at radius 1 is 0.953 bits per heavy atom. The van der Waals surface area contributed by atoms with E-state index in [1.54, 1.807) is 27.9 Å². The monoisotopic (exact) mass is 612 g/mol. The molecule has 0 amide bonds. The van der Waals surface area contributed by atoms with Gasteiger partial charge in [-0.3, -0.25) is 0 Å². The average Bonchev–Trinajstić information content (AvgIpc) is 3.34. The van der Waals surface area contributed by atoms with Crippen molar-refractivity contribution in [3.8, 4) is 22.1 Å². The molecule has 0 radical (unpaired) electrons. The molecule has 0 bridgehead atoms. The molecule has 0 atom stereocenters. The van der Waals surface area contributed by atoms with Gasteiger partial charge >= 0.3 is 12.1 Å². The number of rotatable bonds is 10. The van der Waals surface area contributed by atoms with Crippen LogP contribution in [0.3, 0.4) is 0 Å². The minimum absolute atomic E-state index is 0.265. The van der Waals surface area contributed by atoms with Crippen molar-refractivity contribution in [1.29, 1.82) is 0 Å². The summed E-state index contributed by atoms with van der Waals surface area (Å²) in [4.78, 5) is 19.3. The molecule has 0 unspecified atom stereocenters. The van der Waals surface area contributed by atoms with Crippen LogP contribution in [0.5, 0.6) is 11.5 Å². The van der Waals surface area contributed by atoms with E-state index in [0.29, 0.717) is 28.6 Å². The highest BCUT2D eigenvalue weighted by atomic mass is 32.1. The summed E-state index contributed by atoms with van der Waals surface area (Å²) in [6.45, 7) is 11.6. The van der Waals surface area contributed by atoms with Crippen molar-refractivity contribution in [2.45, 2.75) is 59.9 Å². The Balaban J connectivity index is 1.70. The molecule has 6 nitrogen and oxygen atoms in total. The lowest BCUT2D eigenvalue weighted by Gasteiger charge is -2.28. The van der Waals surface area contributed by atoms with Gasteiger partial charge in [-0.15, -0.1) is 0 Å². The van der Waals surface area contributed by atoms with Crippen LogP contribution in [0.2, 0.25) is 0 Å². The average molecular weight is 613 g/mol. The van der Waals surface area contributed by atoms with Crippen LogP contribution in [0.1, 0.15) is 48.7 Å². The number of benzene rings is 3. The topological polar surface area (TPSA) is 60.9 Å². The molecule has 10 heteroatoms. The zero-order chi connectivity index (χ0) is 31.5. The number of hydrogen-bond donors (Lipinski definition) is 0. The van der Waals surface area contributed by atoms with E-state index in [0.717, 1.165) is 45.2 Å². The van der Waals surface area contributed by atoms with Crippen molar-refractivity contribution in [2.24, 2.45) is 0 Å². The normalized spacial score (nSPS) is 11.8. The third kappa shape index (κ3) is 7.30. The second kappa shape index (κ2) is 12.7. The number of aryl methyl sites for hydroxylation is 3. The maximum atomic E-state index is 13.1. The number of halogens is 3. The Morgan fingerprint density at radius 3 is 2.09 bits per heavy atom. The molecule has 228 valence electrons.